The van der Waals surface area contributed by atoms with Crippen LogP contribution in [0, 0.1) is 6.92 Å². The van der Waals surface area contributed by atoms with E-state index >= 15 is 0 Å². The minimum atomic E-state index is 0.0274. The fourth-order valence-electron chi connectivity index (χ4n) is 2.58. The Morgan fingerprint density at radius 1 is 1.00 bits per heavy atom. The Morgan fingerprint density at radius 3 is 2.41 bits per heavy atom. The van der Waals surface area contributed by atoms with Crippen LogP contribution in [0.3, 0.4) is 0 Å². The van der Waals surface area contributed by atoms with Crippen molar-refractivity contribution in [3.63, 3.8) is 0 Å². The molecule has 0 saturated heterocycles. The molecular formula is C21H17Cl2N2OS+. The Balaban J connectivity index is 2.08. The van der Waals surface area contributed by atoms with E-state index in [2.05, 4.69) is 5.32 Å². The first-order valence-electron chi connectivity index (χ1n) is 8.18. The van der Waals surface area contributed by atoms with Crippen LogP contribution in [0.15, 0.2) is 73.1 Å². The summed E-state index contributed by atoms with van der Waals surface area (Å²) >= 11 is 17.6. The minimum Gasteiger partial charge on any atom is -0.502 e. The third-order valence-corrected chi connectivity index (χ3v) is 4.63. The third-order valence-electron chi connectivity index (χ3n) is 3.85. The van der Waals surface area contributed by atoms with Gasteiger partial charge in [0.25, 0.3) is 5.70 Å². The van der Waals surface area contributed by atoms with Gasteiger partial charge in [-0.15, -0.1) is 0 Å². The van der Waals surface area contributed by atoms with Gasteiger partial charge in [-0.05, 0) is 49.4 Å². The predicted molar refractivity (Wildman–Crippen MR) is 116 cm³/mol. The molecule has 0 saturated carbocycles. The minimum absolute atomic E-state index is 0.0274. The quantitative estimate of drug-likeness (QED) is 0.240. The Hall–Kier alpha value is -2.40. The normalized spacial score (nSPS) is 11.7. The molecule has 0 unspecified atom stereocenters. The molecule has 0 fully saturated rings. The molecule has 136 valence electrons. The number of nitrogens with zero attached hydrogens (tertiary/aromatic N) is 1. The van der Waals surface area contributed by atoms with Crippen molar-refractivity contribution in [2.75, 3.05) is 5.32 Å². The fourth-order valence-corrected chi connectivity index (χ4v) is 3.21. The molecule has 27 heavy (non-hydrogen) atoms. The molecule has 1 heterocycles. The number of aliphatic hydroxyl groups is 1. The lowest BCUT2D eigenvalue weighted by Gasteiger charge is -2.11. The molecule has 3 aromatic rings. The van der Waals surface area contributed by atoms with Gasteiger partial charge >= 0.3 is 0 Å². The van der Waals surface area contributed by atoms with Crippen molar-refractivity contribution in [3.8, 4) is 0 Å². The monoisotopic (exact) mass is 415 g/mol. The topological polar surface area (TPSA) is 36.1 Å². The number of rotatable bonds is 4. The second-order valence-electron chi connectivity index (χ2n) is 5.96. The SMILES string of the molecule is Cc1ccc[n+](/C(C(=S)Nc2ccc(Cl)cc2)=C(\O)c2cccc(Cl)c2)c1. The van der Waals surface area contributed by atoms with Gasteiger partial charge in [0.1, 0.15) is 0 Å². The number of hydrogen-bond donors (Lipinski definition) is 2. The summed E-state index contributed by atoms with van der Waals surface area (Å²) in [6.07, 6.45) is 3.73. The fraction of sp³-hybridized carbons (Fsp3) is 0.0476. The number of hydrogen-bond acceptors (Lipinski definition) is 2. The van der Waals surface area contributed by atoms with Crippen LogP contribution in [0.4, 0.5) is 5.69 Å². The Kier molecular flexibility index (Phi) is 6.11. The molecule has 0 bridgehead atoms. The number of thiocarbonyl (C=S) groups is 1. The molecule has 0 radical (unpaired) electrons. The highest BCUT2D eigenvalue weighted by molar-refractivity contribution is 7.81. The van der Waals surface area contributed by atoms with E-state index in [4.69, 9.17) is 35.4 Å². The van der Waals surface area contributed by atoms with Gasteiger partial charge in [-0.25, -0.2) is 0 Å². The summed E-state index contributed by atoms with van der Waals surface area (Å²) in [5.41, 5.74) is 2.83. The second kappa shape index (κ2) is 8.53. The first-order chi connectivity index (χ1) is 12.9. The van der Waals surface area contributed by atoms with E-state index in [1.807, 2.05) is 43.6 Å². The molecule has 0 aliphatic rings. The van der Waals surface area contributed by atoms with Gasteiger partial charge in [0, 0.05) is 32.9 Å². The zero-order valence-corrected chi connectivity index (χ0v) is 16.8. The van der Waals surface area contributed by atoms with Crippen LogP contribution < -0.4 is 9.88 Å². The Bertz CT molecular complexity index is 1020. The lowest BCUT2D eigenvalue weighted by molar-refractivity contribution is -0.576. The van der Waals surface area contributed by atoms with E-state index in [-0.39, 0.29) is 5.76 Å². The zero-order valence-electron chi connectivity index (χ0n) is 14.5. The van der Waals surface area contributed by atoms with Gasteiger partial charge in [-0.3, -0.25) is 0 Å². The Labute approximate surface area is 173 Å². The molecule has 1 aromatic heterocycles. The smallest absolute Gasteiger partial charge is 0.288 e. The maximum Gasteiger partial charge on any atom is 0.288 e. The molecule has 0 amide bonds. The van der Waals surface area contributed by atoms with Crippen molar-refractivity contribution < 1.29 is 9.67 Å². The van der Waals surface area contributed by atoms with E-state index in [1.165, 1.54) is 0 Å². The average Bonchev–Trinajstić information content (AvgIpc) is 2.64. The van der Waals surface area contributed by atoms with Crippen LogP contribution in [0.1, 0.15) is 11.1 Å². The van der Waals surface area contributed by atoms with Gasteiger partial charge in [0.05, 0.1) is 0 Å². The second-order valence-corrected chi connectivity index (χ2v) is 7.24. The number of pyridine rings is 1. The van der Waals surface area contributed by atoms with Crippen LogP contribution in [0.5, 0.6) is 0 Å². The number of anilines is 1. The van der Waals surface area contributed by atoms with Crippen LogP contribution >= 0.6 is 35.4 Å². The highest BCUT2D eigenvalue weighted by Gasteiger charge is 2.24. The largest absolute Gasteiger partial charge is 0.502 e. The van der Waals surface area contributed by atoms with E-state index in [1.54, 1.807) is 41.0 Å². The molecule has 3 rings (SSSR count). The lowest BCUT2D eigenvalue weighted by atomic mass is 10.1. The maximum atomic E-state index is 11.0. The van der Waals surface area contributed by atoms with Gasteiger partial charge in [-0.2, -0.15) is 4.57 Å². The van der Waals surface area contributed by atoms with E-state index in [9.17, 15) is 5.11 Å². The highest BCUT2D eigenvalue weighted by atomic mass is 35.5. The number of nitrogens with one attached hydrogen (secondary N) is 1. The first-order valence-corrected chi connectivity index (χ1v) is 9.35. The van der Waals surface area contributed by atoms with Gasteiger partial charge in [-0.1, -0.05) is 47.6 Å². The molecule has 0 aliphatic heterocycles. The molecule has 6 heteroatoms. The number of aryl methyl sites for hydroxylation is 1. The number of aromatic nitrogens is 1. The van der Waals surface area contributed by atoms with Crippen molar-refractivity contribution in [3.05, 3.63) is 94.2 Å². The van der Waals surface area contributed by atoms with Crippen LogP contribution in [0.2, 0.25) is 10.0 Å². The number of halogens is 2. The molecule has 0 spiro atoms. The van der Waals surface area contributed by atoms with Crippen molar-refractivity contribution in [1.29, 1.82) is 0 Å². The van der Waals surface area contributed by atoms with Gasteiger partial charge < -0.3 is 10.4 Å². The molecule has 0 aliphatic carbocycles. The summed E-state index contributed by atoms with van der Waals surface area (Å²) in [4.78, 5) is 0.366. The highest BCUT2D eigenvalue weighted by Crippen LogP contribution is 2.22. The zero-order chi connectivity index (χ0) is 19.4. The summed E-state index contributed by atoms with van der Waals surface area (Å²) in [6, 6.07) is 18.1. The van der Waals surface area contributed by atoms with Crippen molar-refractivity contribution in [2.24, 2.45) is 0 Å². The maximum absolute atomic E-state index is 11.0. The number of aliphatic hydroxyl groups excluding tert-OH is 1. The lowest BCUT2D eigenvalue weighted by Crippen LogP contribution is -2.38. The molecule has 2 N–H and O–H groups in total. The summed E-state index contributed by atoms with van der Waals surface area (Å²) in [5.74, 6) is 0.0274. The molecule has 3 nitrogen and oxygen atoms in total. The standard InChI is InChI=1S/C21H16Cl2N2OS/c1-14-4-3-11-25(13-14)19(20(26)15-5-2-6-17(23)12-15)21(27)24-18-9-7-16(22)8-10-18/h2-13H,1H3,(H-,24,26,27)/p+1. The summed E-state index contributed by atoms with van der Waals surface area (Å²) in [6.45, 7) is 1.97. The number of benzene rings is 2. The summed E-state index contributed by atoms with van der Waals surface area (Å²) < 4.78 is 1.79. The summed E-state index contributed by atoms with van der Waals surface area (Å²) in [5, 5.41) is 15.3. The van der Waals surface area contributed by atoms with Gasteiger partial charge in [0.2, 0.25) is 0 Å². The van der Waals surface area contributed by atoms with E-state index in [0.29, 0.717) is 26.3 Å². The van der Waals surface area contributed by atoms with Crippen LogP contribution in [-0.2, 0) is 0 Å². The molecular weight excluding hydrogens is 399 g/mol. The predicted octanol–water partition coefficient (Wildman–Crippen LogP) is 5.91. The molecule has 2 aromatic carbocycles. The van der Waals surface area contributed by atoms with E-state index in [0.717, 1.165) is 11.3 Å². The summed E-state index contributed by atoms with van der Waals surface area (Å²) in [7, 11) is 0. The average molecular weight is 416 g/mol. The van der Waals surface area contributed by atoms with Crippen LogP contribution in [0.25, 0.3) is 11.5 Å². The first kappa shape index (κ1) is 19.4. The van der Waals surface area contributed by atoms with E-state index < -0.39 is 0 Å². The molecule has 0 atom stereocenters. The van der Waals surface area contributed by atoms with Crippen molar-refractivity contribution in [2.45, 2.75) is 6.92 Å². The Morgan fingerprint density at radius 2 is 1.74 bits per heavy atom. The third kappa shape index (κ3) is 4.86. The van der Waals surface area contributed by atoms with Crippen molar-refractivity contribution in [1.82, 2.24) is 0 Å². The van der Waals surface area contributed by atoms with Crippen LogP contribution in [-0.4, -0.2) is 10.1 Å². The van der Waals surface area contributed by atoms with Gasteiger partial charge in [0.15, 0.2) is 23.1 Å². The van der Waals surface area contributed by atoms with Crippen molar-refractivity contribution >= 4 is 57.6 Å².